The van der Waals surface area contributed by atoms with Gasteiger partial charge >= 0.3 is 0 Å². The number of quaternary nitrogens is 1. The Balaban J connectivity index is 1.39. The number of nitrogens with one attached hydrogen (secondary N) is 1. The number of benzene rings is 2. The van der Waals surface area contributed by atoms with Crippen LogP contribution in [0.1, 0.15) is 5.56 Å². The Labute approximate surface area is 159 Å². The van der Waals surface area contributed by atoms with E-state index in [1.165, 1.54) is 4.90 Å². The highest BCUT2D eigenvalue weighted by atomic mass is 35.5. The summed E-state index contributed by atoms with van der Waals surface area (Å²) in [4.78, 5) is 3.55. The highest BCUT2D eigenvalue weighted by Crippen LogP contribution is 2.25. The maximum Gasteiger partial charge on any atom is 0.138 e. The summed E-state index contributed by atoms with van der Waals surface area (Å²) in [6.45, 7) is 4.95. The van der Waals surface area contributed by atoms with Gasteiger partial charge in [0.1, 0.15) is 18.4 Å². The van der Waals surface area contributed by atoms with Crippen LogP contribution in [0.5, 0.6) is 5.75 Å². The third-order valence-corrected chi connectivity index (χ3v) is 5.11. The quantitative estimate of drug-likeness (QED) is 0.681. The van der Waals surface area contributed by atoms with E-state index in [0.29, 0.717) is 30.5 Å². The molecule has 1 saturated heterocycles. The van der Waals surface area contributed by atoms with Gasteiger partial charge in [0.25, 0.3) is 0 Å². The Bertz CT molecular complexity index is 705. The van der Waals surface area contributed by atoms with Crippen molar-refractivity contribution in [3.8, 4) is 5.75 Å². The molecule has 5 nitrogen and oxygen atoms in total. The van der Waals surface area contributed by atoms with Gasteiger partial charge in [-0.1, -0.05) is 41.9 Å². The number of phenols is 1. The van der Waals surface area contributed by atoms with Crippen molar-refractivity contribution >= 4 is 17.3 Å². The zero-order chi connectivity index (χ0) is 18.4. The number of aliphatic hydroxyl groups is 1. The van der Waals surface area contributed by atoms with Crippen LogP contribution in [-0.2, 0) is 11.3 Å². The van der Waals surface area contributed by atoms with Gasteiger partial charge in [-0.05, 0) is 23.8 Å². The molecule has 1 heterocycles. The lowest BCUT2D eigenvalue weighted by Crippen LogP contribution is -3.16. The first kappa shape index (κ1) is 19.0. The topological polar surface area (TPSA) is 57.4 Å². The molecule has 0 aromatic heterocycles. The number of ether oxygens (including phenoxy) is 1. The lowest BCUT2D eigenvalue weighted by atomic mass is 10.2. The fourth-order valence-electron chi connectivity index (χ4n) is 3.31. The van der Waals surface area contributed by atoms with Crippen LogP contribution in [-0.4, -0.2) is 55.6 Å². The first-order chi connectivity index (χ1) is 12.6. The van der Waals surface area contributed by atoms with Gasteiger partial charge in [0.15, 0.2) is 0 Å². The molecule has 1 aliphatic rings. The minimum absolute atomic E-state index is 0.303. The van der Waals surface area contributed by atoms with Gasteiger partial charge in [-0.3, -0.25) is 0 Å². The van der Waals surface area contributed by atoms with Gasteiger partial charge in [-0.2, -0.15) is 0 Å². The smallest absolute Gasteiger partial charge is 0.138 e. The maximum atomic E-state index is 10.2. The van der Waals surface area contributed by atoms with Crippen LogP contribution in [0.4, 0.5) is 5.69 Å². The largest absolute Gasteiger partial charge is 0.506 e. The Morgan fingerprint density at radius 1 is 1.08 bits per heavy atom. The molecule has 0 bridgehead atoms. The first-order valence-corrected chi connectivity index (χ1v) is 9.37. The monoisotopic (exact) mass is 377 g/mol. The Kier molecular flexibility index (Phi) is 6.74. The van der Waals surface area contributed by atoms with Crippen molar-refractivity contribution in [2.45, 2.75) is 12.7 Å². The van der Waals surface area contributed by atoms with Crippen LogP contribution in [0.25, 0.3) is 0 Å². The second-order valence-electron chi connectivity index (χ2n) is 6.69. The Morgan fingerprint density at radius 2 is 1.77 bits per heavy atom. The molecule has 3 N–H and O–H groups in total. The zero-order valence-corrected chi connectivity index (χ0v) is 15.5. The van der Waals surface area contributed by atoms with Crippen molar-refractivity contribution in [3.05, 3.63) is 59.1 Å². The predicted octanol–water partition coefficient (Wildman–Crippen LogP) is 1.33. The molecule has 2 aromatic rings. The number of hydrogen-bond acceptors (Lipinski definition) is 4. The fraction of sp³-hybridized carbons (Fsp3) is 0.400. The molecular weight excluding hydrogens is 352 g/mol. The summed E-state index contributed by atoms with van der Waals surface area (Å²) in [5.74, 6) is 0.323. The molecule has 0 aliphatic carbocycles. The summed E-state index contributed by atoms with van der Waals surface area (Å²) in [6, 6.07) is 15.0. The minimum atomic E-state index is -0.496. The van der Waals surface area contributed by atoms with Crippen molar-refractivity contribution in [2.75, 3.05) is 44.2 Å². The van der Waals surface area contributed by atoms with Gasteiger partial charge in [-0.15, -0.1) is 0 Å². The standard InChI is InChI=1S/C20H25ClN2O3/c21-18-6-2-1-5-16(18)14-26-15-17(24)13-22-9-11-23(12-10-22)19-7-3-4-8-20(19)25/h1-8,17,24-25H,9-15H2/p+1/t17-/m1/s1. The van der Waals surface area contributed by atoms with E-state index in [9.17, 15) is 10.2 Å². The number of nitrogens with zero attached hydrogens (tertiary/aromatic N) is 1. The van der Waals surface area contributed by atoms with Crippen LogP contribution in [0, 0.1) is 0 Å². The van der Waals surface area contributed by atoms with E-state index in [-0.39, 0.29) is 0 Å². The molecule has 26 heavy (non-hydrogen) atoms. The molecule has 140 valence electrons. The second kappa shape index (κ2) is 9.24. The van der Waals surface area contributed by atoms with Crippen molar-refractivity contribution < 1.29 is 19.8 Å². The van der Waals surface area contributed by atoms with E-state index in [1.54, 1.807) is 6.07 Å². The van der Waals surface area contributed by atoms with Gasteiger partial charge in [0.2, 0.25) is 0 Å². The number of halogens is 1. The molecule has 1 atom stereocenters. The minimum Gasteiger partial charge on any atom is -0.506 e. The molecule has 0 spiro atoms. The lowest BCUT2D eigenvalue weighted by Gasteiger charge is -2.34. The molecule has 1 fully saturated rings. The van der Waals surface area contributed by atoms with Crippen molar-refractivity contribution in [1.82, 2.24) is 0 Å². The lowest BCUT2D eigenvalue weighted by molar-refractivity contribution is -0.903. The molecule has 6 heteroatoms. The molecule has 0 radical (unpaired) electrons. The highest BCUT2D eigenvalue weighted by Gasteiger charge is 2.23. The predicted molar refractivity (Wildman–Crippen MR) is 103 cm³/mol. The van der Waals surface area contributed by atoms with Gasteiger partial charge in [0, 0.05) is 5.02 Å². The van der Waals surface area contributed by atoms with Crippen molar-refractivity contribution in [1.29, 1.82) is 0 Å². The van der Waals surface area contributed by atoms with Crippen LogP contribution in [0.2, 0.25) is 5.02 Å². The molecule has 1 aliphatic heterocycles. The fourth-order valence-corrected chi connectivity index (χ4v) is 3.50. The summed E-state index contributed by atoms with van der Waals surface area (Å²) in [6.07, 6.45) is -0.496. The third-order valence-electron chi connectivity index (χ3n) is 4.74. The van der Waals surface area contributed by atoms with Crippen LogP contribution in [0.15, 0.2) is 48.5 Å². The number of phenolic OH excluding ortho intramolecular Hbond substituents is 1. The van der Waals surface area contributed by atoms with Crippen LogP contribution >= 0.6 is 11.6 Å². The van der Waals surface area contributed by atoms with Crippen LogP contribution < -0.4 is 9.80 Å². The normalized spacial score (nSPS) is 16.6. The number of hydrogen-bond donors (Lipinski definition) is 3. The summed E-state index contributed by atoms with van der Waals surface area (Å²) in [5.41, 5.74) is 1.82. The average molecular weight is 378 g/mol. The summed E-state index contributed by atoms with van der Waals surface area (Å²) in [7, 11) is 0. The van der Waals surface area contributed by atoms with Crippen LogP contribution in [0.3, 0.4) is 0 Å². The molecule has 2 aromatic carbocycles. The Hall–Kier alpha value is -1.79. The van der Waals surface area contributed by atoms with E-state index in [4.69, 9.17) is 16.3 Å². The number of piperazine rings is 1. The van der Waals surface area contributed by atoms with E-state index in [0.717, 1.165) is 37.4 Å². The zero-order valence-electron chi connectivity index (χ0n) is 14.8. The molecule has 0 saturated carbocycles. The molecule has 3 rings (SSSR count). The number of anilines is 1. The summed E-state index contributed by atoms with van der Waals surface area (Å²) < 4.78 is 5.62. The summed E-state index contributed by atoms with van der Waals surface area (Å²) in [5, 5.41) is 20.9. The van der Waals surface area contributed by atoms with E-state index in [1.807, 2.05) is 42.5 Å². The summed E-state index contributed by atoms with van der Waals surface area (Å²) >= 11 is 6.10. The highest BCUT2D eigenvalue weighted by molar-refractivity contribution is 6.31. The van der Waals surface area contributed by atoms with E-state index in [2.05, 4.69) is 4.90 Å². The second-order valence-corrected chi connectivity index (χ2v) is 7.10. The van der Waals surface area contributed by atoms with E-state index >= 15 is 0 Å². The molecular formula is C20H26ClN2O3+. The van der Waals surface area contributed by atoms with Crippen molar-refractivity contribution in [2.24, 2.45) is 0 Å². The van der Waals surface area contributed by atoms with Gasteiger partial charge in [0.05, 0.1) is 45.1 Å². The van der Waals surface area contributed by atoms with Crippen molar-refractivity contribution in [3.63, 3.8) is 0 Å². The van der Waals surface area contributed by atoms with Gasteiger partial charge < -0.3 is 24.7 Å². The maximum absolute atomic E-state index is 10.2. The molecule has 0 amide bonds. The average Bonchev–Trinajstić information content (AvgIpc) is 2.64. The number of aromatic hydroxyl groups is 1. The third kappa shape index (κ3) is 5.11. The Morgan fingerprint density at radius 3 is 2.50 bits per heavy atom. The first-order valence-electron chi connectivity index (χ1n) is 8.99. The SMILES string of the molecule is Oc1ccccc1N1CC[NH+](C[C@@H](O)COCc2ccccc2Cl)CC1. The van der Waals surface area contributed by atoms with Gasteiger partial charge in [-0.25, -0.2) is 0 Å². The molecule has 0 unspecified atom stereocenters. The number of para-hydroxylation sites is 2. The number of rotatable bonds is 7. The van der Waals surface area contributed by atoms with E-state index < -0.39 is 6.10 Å². The number of aliphatic hydroxyl groups excluding tert-OH is 1.